The van der Waals surface area contributed by atoms with E-state index in [2.05, 4.69) is 17.8 Å². The lowest BCUT2D eigenvalue weighted by Crippen LogP contribution is -2.54. The summed E-state index contributed by atoms with van der Waals surface area (Å²) in [6.45, 7) is 3.08. The van der Waals surface area contributed by atoms with Crippen molar-refractivity contribution >= 4 is 17.8 Å². The topological polar surface area (TPSA) is 91.0 Å². The molecule has 0 spiro atoms. The second kappa shape index (κ2) is 6.74. The van der Waals surface area contributed by atoms with E-state index in [0.717, 1.165) is 32.1 Å². The average Bonchev–Trinajstić information content (AvgIpc) is 3.37. The summed E-state index contributed by atoms with van der Waals surface area (Å²) in [5, 5.41) is 1.42. The molecular weight excluding hydrogens is 300 g/mol. The fourth-order valence-electron chi connectivity index (χ4n) is 3.03. The van der Waals surface area contributed by atoms with Crippen molar-refractivity contribution in [3.8, 4) is 0 Å². The second-order valence-electron chi connectivity index (χ2n) is 6.45. The van der Waals surface area contributed by atoms with Gasteiger partial charge in [-0.15, -0.1) is 0 Å². The summed E-state index contributed by atoms with van der Waals surface area (Å²) >= 11 is 0. The molecule has 3 rings (SSSR count). The number of piperidine rings is 1. The van der Waals surface area contributed by atoms with Crippen molar-refractivity contribution in [1.29, 1.82) is 0 Å². The number of fused-ring (bicyclic) bond motifs is 2. The van der Waals surface area contributed by atoms with Crippen LogP contribution in [0.2, 0.25) is 0 Å². The Bertz CT molecular complexity index is 494. The predicted molar refractivity (Wildman–Crippen MR) is 80.6 cm³/mol. The Labute approximate surface area is 135 Å². The number of amides is 4. The first-order valence-corrected chi connectivity index (χ1v) is 8.44. The molecular formula is C15H24N4O4. The van der Waals surface area contributed by atoms with Gasteiger partial charge in [0.25, 0.3) is 5.91 Å². The number of nitrogens with one attached hydrogen (secondary N) is 2. The molecule has 0 unspecified atom stereocenters. The van der Waals surface area contributed by atoms with E-state index in [9.17, 15) is 14.4 Å². The molecule has 0 aromatic heterocycles. The highest BCUT2D eigenvalue weighted by atomic mass is 16.7. The minimum atomic E-state index is -0.543. The first-order chi connectivity index (χ1) is 11.1. The molecule has 8 nitrogen and oxygen atoms in total. The maximum absolute atomic E-state index is 12.4. The summed E-state index contributed by atoms with van der Waals surface area (Å²) < 4.78 is 0. The zero-order valence-electron chi connectivity index (χ0n) is 13.4. The van der Waals surface area contributed by atoms with Crippen LogP contribution in [0.3, 0.4) is 0 Å². The Balaban J connectivity index is 1.52. The molecule has 2 saturated heterocycles. The van der Waals surface area contributed by atoms with Gasteiger partial charge in [0.1, 0.15) is 6.04 Å². The third kappa shape index (κ3) is 3.41. The molecule has 3 aliphatic rings. The van der Waals surface area contributed by atoms with Gasteiger partial charge in [0.2, 0.25) is 5.91 Å². The van der Waals surface area contributed by atoms with Crippen molar-refractivity contribution in [2.75, 3.05) is 13.2 Å². The second-order valence-corrected chi connectivity index (χ2v) is 6.45. The molecule has 2 atom stereocenters. The van der Waals surface area contributed by atoms with Crippen molar-refractivity contribution in [3.05, 3.63) is 0 Å². The SMILES string of the molecule is CCCCON1C(=O)N2C[C@H]1CC[C@H]2C(=O)NNC(=O)C1CC1. The fourth-order valence-corrected chi connectivity index (χ4v) is 3.03. The number of rotatable bonds is 6. The van der Waals surface area contributed by atoms with E-state index in [1.54, 1.807) is 4.90 Å². The van der Waals surface area contributed by atoms with Gasteiger partial charge in [-0.1, -0.05) is 13.3 Å². The number of hydrogen-bond acceptors (Lipinski definition) is 4. The van der Waals surface area contributed by atoms with Crippen LogP contribution in [0.5, 0.6) is 0 Å². The van der Waals surface area contributed by atoms with E-state index in [-0.39, 0.29) is 29.8 Å². The van der Waals surface area contributed by atoms with E-state index in [4.69, 9.17) is 4.84 Å². The van der Waals surface area contributed by atoms with Gasteiger partial charge in [-0.25, -0.2) is 4.79 Å². The van der Waals surface area contributed by atoms with Crippen molar-refractivity contribution in [1.82, 2.24) is 20.8 Å². The number of carbonyl (C=O) groups excluding carboxylic acids is 3. The standard InChI is InChI=1S/C15H24N4O4/c1-2-3-8-23-19-11-6-7-12(18(9-11)15(19)22)14(21)17-16-13(20)10-4-5-10/h10-12H,2-9H2,1H3,(H,16,20)(H,17,21)/t11-,12+/m1/s1. The molecule has 2 aliphatic heterocycles. The van der Waals surface area contributed by atoms with E-state index in [1.165, 1.54) is 5.06 Å². The lowest BCUT2D eigenvalue weighted by atomic mass is 10.0. The van der Waals surface area contributed by atoms with E-state index in [1.807, 2.05) is 0 Å². The van der Waals surface area contributed by atoms with Crippen LogP contribution in [-0.2, 0) is 14.4 Å². The van der Waals surface area contributed by atoms with Crippen LogP contribution in [0.15, 0.2) is 0 Å². The molecule has 0 aromatic carbocycles. The van der Waals surface area contributed by atoms with Gasteiger partial charge in [0.15, 0.2) is 0 Å². The quantitative estimate of drug-likeness (QED) is 0.551. The summed E-state index contributed by atoms with van der Waals surface area (Å²) in [6, 6.07) is -0.778. The van der Waals surface area contributed by atoms with Gasteiger partial charge in [0, 0.05) is 12.5 Å². The van der Waals surface area contributed by atoms with E-state index in [0.29, 0.717) is 19.6 Å². The Hall–Kier alpha value is -1.83. The molecule has 0 radical (unpaired) electrons. The first-order valence-electron chi connectivity index (χ1n) is 8.44. The van der Waals surface area contributed by atoms with Crippen LogP contribution in [0.4, 0.5) is 4.79 Å². The summed E-state index contributed by atoms with van der Waals surface area (Å²) in [7, 11) is 0. The molecule has 1 aliphatic carbocycles. The zero-order valence-corrected chi connectivity index (χ0v) is 13.4. The Morgan fingerprint density at radius 3 is 2.61 bits per heavy atom. The lowest BCUT2D eigenvalue weighted by molar-refractivity contribution is -0.133. The minimum absolute atomic E-state index is 0.0180. The van der Waals surface area contributed by atoms with Crippen LogP contribution < -0.4 is 10.9 Å². The van der Waals surface area contributed by atoms with E-state index < -0.39 is 6.04 Å². The highest BCUT2D eigenvalue weighted by Gasteiger charge is 2.48. The molecule has 2 bridgehead atoms. The Kier molecular flexibility index (Phi) is 4.70. The normalized spacial score (nSPS) is 26.4. The predicted octanol–water partition coefficient (Wildman–Crippen LogP) is 0.544. The molecule has 8 heteroatoms. The summed E-state index contributed by atoms with van der Waals surface area (Å²) in [5.74, 6) is -0.451. The average molecular weight is 324 g/mol. The van der Waals surface area contributed by atoms with Gasteiger partial charge < -0.3 is 4.90 Å². The molecule has 0 aromatic rings. The Morgan fingerprint density at radius 1 is 1.17 bits per heavy atom. The number of urea groups is 1. The number of carbonyl (C=O) groups is 3. The highest BCUT2D eigenvalue weighted by Crippen LogP contribution is 2.30. The number of unbranched alkanes of at least 4 members (excludes halogenated alkanes) is 1. The highest BCUT2D eigenvalue weighted by molar-refractivity contribution is 5.90. The number of hydrogen-bond donors (Lipinski definition) is 2. The number of hydrazine groups is 1. The van der Waals surface area contributed by atoms with Crippen LogP contribution in [0.25, 0.3) is 0 Å². The van der Waals surface area contributed by atoms with E-state index >= 15 is 0 Å². The maximum atomic E-state index is 12.4. The monoisotopic (exact) mass is 324 g/mol. The third-order valence-corrected chi connectivity index (χ3v) is 4.61. The molecule has 4 amide bonds. The maximum Gasteiger partial charge on any atom is 0.345 e. The fraction of sp³-hybridized carbons (Fsp3) is 0.800. The molecule has 3 fully saturated rings. The molecule has 1 saturated carbocycles. The summed E-state index contributed by atoms with van der Waals surface area (Å²) in [6.07, 6.45) is 4.96. The summed E-state index contributed by atoms with van der Waals surface area (Å²) in [4.78, 5) is 43.4. The van der Waals surface area contributed by atoms with Crippen molar-refractivity contribution in [2.24, 2.45) is 5.92 Å². The molecule has 128 valence electrons. The smallest absolute Gasteiger partial charge is 0.309 e. The lowest BCUT2D eigenvalue weighted by Gasteiger charge is -2.29. The van der Waals surface area contributed by atoms with Crippen LogP contribution in [-0.4, -0.2) is 53.0 Å². The zero-order chi connectivity index (χ0) is 16.4. The number of nitrogens with zero attached hydrogens (tertiary/aromatic N) is 2. The van der Waals surface area contributed by atoms with Crippen molar-refractivity contribution < 1.29 is 19.2 Å². The minimum Gasteiger partial charge on any atom is -0.309 e. The van der Waals surface area contributed by atoms with Gasteiger partial charge in [-0.3, -0.25) is 25.3 Å². The molecule has 2 heterocycles. The largest absolute Gasteiger partial charge is 0.345 e. The van der Waals surface area contributed by atoms with Gasteiger partial charge in [-0.2, -0.15) is 5.06 Å². The molecule has 23 heavy (non-hydrogen) atoms. The third-order valence-electron chi connectivity index (χ3n) is 4.61. The molecule has 2 N–H and O–H groups in total. The van der Waals surface area contributed by atoms with Crippen LogP contribution >= 0.6 is 0 Å². The number of hydroxylamine groups is 2. The summed E-state index contributed by atoms with van der Waals surface area (Å²) in [5.41, 5.74) is 4.90. The van der Waals surface area contributed by atoms with Crippen molar-refractivity contribution in [3.63, 3.8) is 0 Å². The first kappa shape index (κ1) is 16.0. The van der Waals surface area contributed by atoms with Crippen LogP contribution in [0, 0.1) is 5.92 Å². The Morgan fingerprint density at radius 2 is 1.91 bits per heavy atom. The van der Waals surface area contributed by atoms with Crippen molar-refractivity contribution in [2.45, 2.75) is 57.5 Å². The van der Waals surface area contributed by atoms with Gasteiger partial charge in [-0.05, 0) is 32.1 Å². The van der Waals surface area contributed by atoms with Gasteiger partial charge in [0.05, 0.1) is 12.6 Å². The van der Waals surface area contributed by atoms with Gasteiger partial charge >= 0.3 is 6.03 Å². The van der Waals surface area contributed by atoms with Crippen LogP contribution in [0.1, 0.15) is 45.4 Å².